The molecule has 0 spiro atoms. The average molecular weight is 401 g/mol. The molecule has 28 heavy (non-hydrogen) atoms. The molecule has 2 aromatic rings. The maximum Gasteiger partial charge on any atom is 0.264 e. The minimum atomic E-state index is -3.74. The highest BCUT2D eigenvalue weighted by atomic mass is 32.2. The van der Waals surface area contributed by atoms with Crippen molar-refractivity contribution in [3.8, 4) is 0 Å². The van der Waals surface area contributed by atoms with Crippen LogP contribution in [-0.4, -0.2) is 38.9 Å². The monoisotopic (exact) mass is 400 g/mol. The summed E-state index contributed by atoms with van der Waals surface area (Å²) < 4.78 is 27.9. The largest absolute Gasteiger partial charge is 0.343 e. The molecule has 1 fully saturated rings. The van der Waals surface area contributed by atoms with Gasteiger partial charge >= 0.3 is 0 Å². The summed E-state index contributed by atoms with van der Waals surface area (Å²) in [6, 6.07) is 15.8. The topological polar surface area (TPSA) is 57.7 Å². The molecular weight excluding hydrogens is 372 g/mol. The maximum absolute atomic E-state index is 13.3. The first-order valence-corrected chi connectivity index (χ1v) is 11.3. The van der Waals surface area contributed by atoms with Gasteiger partial charge in [-0.2, -0.15) is 0 Å². The quantitative estimate of drug-likeness (QED) is 0.737. The molecule has 150 valence electrons. The molecule has 5 nitrogen and oxygen atoms in total. The summed E-state index contributed by atoms with van der Waals surface area (Å²) in [6.45, 7) is 3.60. The van der Waals surface area contributed by atoms with E-state index in [1.165, 1.54) is 4.31 Å². The van der Waals surface area contributed by atoms with Crippen LogP contribution in [0.15, 0.2) is 59.5 Å². The van der Waals surface area contributed by atoms with Crippen LogP contribution in [0.25, 0.3) is 0 Å². The number of sulfonamides is 1. The van der Waals surface area contributed by atoms with Crippen LogP contribution in [0.5, 0.6) is 0 Å². The lowest BCUT2D eigenvalue weighted by Crippen LogP contribution is -2.37. The number of carbonyl (C=O) groups is 1. The second-order valence-corrected chi connectivity index (χ2v) is 9.13. The van der Waals surface area contributed by atoms with Crippen LogP contribution < -0.4 is 4.31 Å². The van der Waals surface area contributed by atoms with Gasteiger partial charge in [0.05, 0.1) is 10.6 Å². The fraction of sp³-hybridized carbons (Fsp3) is 0.409. The number of anilines is 1. The van der Waals surface area contributed by atoms with Gasteiger partial charge in [-0.15, -0.1) is 0 Å². The number of nitrogens with zero attached hydrogens (tertiary/aromatic N) is 2. The molecule has 6 heteroatoms. The van der Waals surface area contributed by atoms with Crippen molar-refractivity contribution >= 4 is 21.6 Å². The normalized spacial score (nSPS) is 15.1. The number of aryl methyl sites for hydroxylation is 1. The summed E-state index contributed by atoms with van der Waals surface area (Å²) in [5.74, 6) is 0.0296. The van der Waals surface area contributed by atoms with E-state index >= 15 is 0 Å². The minimum absolute atomic E-state index is 0.0296. The number of hydrogen-bond donors (Lipinski definition) is 0. The van der Waals surface area contributed by atoms with Crippen molar-refractivity contribution in [2.75, 3.05) is 23.9 Å². The Morgan fingerprint density at radius 1 is 0.929 bits per heavy atom. The fourth-order valence-corrected chi connectivity index (χ4v) is 4.96. The van der Waals surface area contributed by atoms with Crippen LogP contribution in [-0.2, 0) is 14.8 Å². The second-order valence-electron chi connectivity index (χ2n) is 7.27. The van der Waals surface area contributed by atoms with Crippen LogP contribution in [0.1, 0.15) is 37.7 Å². The molecule has 0 unspecified atom stereocenters. The molecule has 1 amide bonds. The summed E-state index contributed by atoms with van der Waals surface area (Å²) in [5, 5.41) is 0. The summed E-state index contributed by atoms with van der Waals surface area (Å²) in [4.78, 5) is 14.8. The third-order valence-corrected chi connectivity index (χ3v) is 6.98. The molecule has 0 aliphatic carbocycles. The molecule has 0 radical (unpaired) electrons. The lowest BCUT2D eigenvalue weighted by molar-refractivity contribution is -0.130. The van der Waals surface area contributed by atoms with Crippen LogP contribution in [0.2, 0.25) is 0 Å². The Hall–Kier alpha value is -2.34. The first-order valence-electron chi connectivity index (χ1n) is 9.91. The number of hydrogen-bond acceptors (Lipinski definition) is 3. The zero-order valence-corrected chi connectivity index (χ0v) is 17.2. The first-order chi connectivity index (χ1) is 13.5. The Morgan fingerprint density at radius 2 is 1.54 bits per heavy atom. The smallest absolute Gasteiger partial charge is 0.264 e. The maximum atomic E-state index is 13.3. The SMILES string of the molecule is Cc1ccc(S(=O)(=O)N(CCC(=O)N2CCCCCC2)c2ccccc2)cc1. The van der Waals surface area contributed by atoms with E-state index in [0.29, 0.717) is 5.69 Å². The van der Waals surface area contributed by atoms with Crippen molar-refractivity contribution in [3.05, 3.63) is 60.2 Å². The highest BCUT2D eigenvalue weighted by molar-refractivity contribution is 7.92. The second kappa shape index (κ2) is 9.24. The molecule has 0 aromatic heterocycles. The molecule has 1 aliphatic heterocycles. The number of para-hydroxylation sites is 1. The Labute approximate surface area is 168 Å². The summed E-state index contributed by atoms with van der Waals surface area (Å²) in [7, 11) is -3.74. The first kappa shape index (κ1) is 20.4. The van der Waals surface area contributed by atoms with E-state index < -0.39 is 10.0 Å². The van der Waals surface area contributed by atoms with Gasteiger partial charge in [-0.05, 0) is 44.0 Å². The average Bonchev–Trinajstić information content (AvgIpc) is 2.98. The van der Waals surface area contributed by atoms with Crippen LogP contribution in [0.3, 0.4) is 0 Å². The molecule has 2 aromatic carbocycles. The molecule has 1 heterocycles. The molecular formula is C22H28N2O3S. The van der Waals surface area contributed by atoms with Gasteiger partial charge < -0.3 is 4.90 Å². The Balaban J connectivity index is 1.81. The van der Waals surface area contributed by atoms with Crippen molar-refractivity contribution in [2.45, 2.75) is 43.9 Å². The van der Waals surface area contributed by atoms with E-state index in [0.717, 1.165) is 44.3 Å². The van der Waals surface area contributed by atoms with Crippen molar-refractivity contribution in [1.29, 1.82) is 0 Å². The Bertz CT molecular complexity index is 872. The van der Waals surface area contributed by atoms with Gasteiger partial charge in [0.15, 0.2) is 0 Å². The number of carbonyl (C=O) groups excluding carboxylic acids is 1. The predicted molar refractivity (Wildman–Crippen MR) is 112 cm³/mol. The lowest BCUT2D eigenvalue weighted by atomic mass is 10.2. The molecule has 3 rings (SSSR count). The van der Waals surface area contributed by atoms with Gasteiger partial charge in [0.2, 0.25) is 5.91 Å². The molecule has 1 aliphatic rings. The molecule has 0 atom stereocenters. The number of likely N-dealkylation sites (tertiary alicyclic amines) is 1. The standard InChI is InChI=1S/C22H28N2O3S/c1-19-11-13-21(14-12-19)28(26,27)24(20-9-5-4-6-10-20)18-15-22(25)23-16-7-2-3-8-17-23/h4-6,9-14H,2-3,7-8,15-18H2,1H3. The highest BCUT2D eigenvalue weighted by Gasteiger charge is 2.26. The van der Waals surface area contributed by atoms with Gasteiger partial charge in [-0.1, -0.05) is 48.7 Å². The number of amides is 1. The van der Waals surface area contributed by atoms with Gasteiger partial charge in [-0.25, -0.2) is 8.42 Å². The Morgan fingerprint density at radius 3 is 2.14 bits per heavy atom. The van der Waals surface area contributed by atoms with Gasteiger partial charge in [0, 0.05) is 26.1 Å². The summed E-state index contributed by atoms with van der Waals surface area (Å²) in [5.41, 5.74) is 1.58. The zero-order valence-electron chi connectivity index (χ0n) is 16.4. The van der Waals surface area contributed by atoms with Crippen LogP contribution >= 0.6 is 0 Å². The van der Waals surface area contributed by atoms with Gasteiger partial charge in [-0.3, -0.25) is 9.10 Å². The lowest BCUT2D eigenvalue weighted by Gasteiger charge is -2.26. The van der Waals surface area contributed by atoms with E-state index in [9.17, 15) is 13.2 Å². The van der Waals surface area contributed by atoms with Crippen LogP contribution in [0, 0.1) is 6.92 Å². The zero-order chi connectivity index (χ0) is 20.0. The number of benzene rings is 2. The van der Waals surface area contributed by atoms with E-state index in [4.69, 9.17) is 0 Å². The fourth-order valence-electron chi connectivity index (χ4n) is 3.50. The van der Waals surface area contributed by atoms with Gasteiger partial charge in [0.25, 0.3) is 10.0 Å². The third kappa shape index (κ3) is 4.93. The highest BCUT2D eigenvalue weighted by Crippen LogP contribution is 2.24. The van der Waals surface area contributed by atoms with Crippen molar-refractivity contribution in [1.82, 2.24) is 4.90 Å². The molecule has 0 bridgehead atoms. The number of rotatable bonds is 6. The van der Waals surface area contributed by atoms with Crippen LogP contribution in [0.4, 0.5) is 5.69 Å². The van der Waals surface area contributed by atoms with Crippen molar-refractivity contribution < 1.29 is 13.2 Å². The molecule has 1 saturated heterocycles. The summed E-state index contributed by atoms with van der Waals surface area (Å²) in [6.07, 6.45) is 4.54. The van der Waals surface area contributed by atoms with E-state index in [1.807, 2.05) is 30.0 Å². The third-order valence-electron chi connectivity index (χ3n) is 5.14. The van der Waals surface area contributed by atoms with E-state index in [-0.39, 0.29) is 23.8 Å². The molecule has 0 saturated carbocycles. The minimum Gasteiger partial charge on any atom is -0.343 e. The predicted octanol–water partition coefficient (Wildman–Crippen LogP) is 3.98. The van der Waals surface area contributed by atoms with E-state index in [1.54, 1.807) is 36.4 Å². The summed E-state index contributed by atoms with van der Waals surface area (Å²) >= 11 is 0. The van der Waals surface area contributed by atoms with Gasteiger partial charge in [0.1, 0.15) is 0 Å². The van der Waals surface area contributed by atoms with Crippen molar-refractivity contribution in [3.63, 3.8) is 0 Å². The molecule has 0 N–H and O–H groups in total. The Kier molecular flexibility index (Phi) is 6.73. The van der Waals surface area contributed by atoms with Crippen molar-refractivity contribution in [2.24, 2.45) is 0 Å². The van der Waals surface area contributed by atoms with E-state index in [2.05, 4.69) is 0 Å².